The van der Waals surface area contributed by atoms with Gasteiger partial charge in [-0.25, -0.2) is 4.98 Å². The number of carbonyl (C=O) groups is 1. The molecule has 1 amide bonds. The number of hydrogen-bond acceptors (Lipinski definition) is 5. The van der Waals surface area contributed by atoms with Gasteiger partial charge >= 0.3 is 0 Å². The molecule has 0 aliphatic carbocycles. The fraction of sp³-hybridized carbons (Fsp3) is 0.294. The highest BCUT2D eigenvalue weighted by atomic mass is 35.5. The number of halogens is 1. The lowest BCUT2D eigenvalue weighted by Crippen LogP contribution is -2.36. The minimum Gasteiger partial charge on any atom is -0.308 e. The number of thiazole rings is 1. The van der Waals surface area contributed by atoms with Crippen LogP contribution in [0.15, 0.2) is 30.3 Å². The Morgan fingerprint density at radius 1 is 1.17 bits per heavy atom. The third-order valence-electron chi connectivity index (χ3n) is 3.56. The number of thiophene rings is 1. The average molecular weight is 380 g/mol. The zero-order chi connectivity index (χ0) is 17.3. The number of fused-ring (bicyclic) bond motifs is 1. The predicted molar refractivity (Wildman–Crippen MR) is 104 cm³/mol. The zero-order valence-electron chi connectivity index (χ0n) is 13.7. The molecular formula is C17H18ClN3OS2. The van der Waals surface area contributed by atoms with Gasteiger partial charge in [0, 0.05) is 13.1 Å². The van der Waals surface area contributed by atoms with Gasteiger partial charge in [0.2, 0.25) is 0 Å². The summed E-state index contributed by atoms with van der Waals surface area (Å²) in [6.07, 6.45) is 0. The second-order valence-electron chi connectivity index (χ2n) is 5.83. The Balaban J connectivity index is 1.97. The molecule has 0 bridgehead atoms. The number of nitrogens with zero attached hydrogens (tertiary/aromatic N) is 3. The van der Waals surface area contributed by atoms with E-state index in [1.807, 2.05) is 26.2 Å². The fourth-order valence-electron chi connectivity index (χ4n) is 2.28. The quantitative estimate of drug-likeness (QED) is 0.653. The summed E-state index contributed by atoms with van der Waals surface area (Å²) in [5.74, 6) is -0.0514. The van der Waals surface area contributed by atoms with Gasteiger partial charge in [0.15, 0.2) is 5.13 Å². The first-order valence-electron chi connectivity index (χ1n) is 7.53. The van der Waals surface area contributed by atoms with E-state index >= 15 is 0 Å². The van der Waals surface area contributed by atoms with Gasteiger partial charge in [-0.05, 0) is 50.8 Å². The van der Waals surface area contributed by atoms with E-state index < -0.39 is 0 Å². The molecular weight excluding hydrogens is 362 g/mol. The highest BCUT2D eigenvalue weighted by Gasteiger charge is 2.22. The van der Waals surface area contributed by atoms with E-state index in [1.54, 1.807) is 28.4 Å². The molecule has 3 rings (SSSR count). The van der Waals surface area contributed by atoms with Crippen LogP contribution in [0, 0.1) is 6.92 Å². The molecule has 0 saturated heterocycles. The van der Waals surface area contributed by atoms with Crippen molar-refractivity contribution in [3.63, 3.8) is 0 Å². The van der Waals surface area contributed by atoms with Gasteiger partial charge in [0.05, 0.1) is 19.4 Å². The van der Waals surface area contributed by atoms with Crippen LogP contribution in [0.4, 0.5) is 5.13 Å². The standard InChI is InChI=1S/C17H18ClN3OS2/c1-11-4-5-12-14(10-11)24-17(19-12)21(9-8-20(2)3)16(22)13-6-7-15(18)23-13/h4-7,10H,8-9H2,1-3H3. The fourth-order valence-corrected chi connectivity index (χ4v) is 4.36. The smallest absolute Gasteiger partial charge is 0.270 e. The van der Waals surface area contributed by atoms with Crippen LogP contribution >= 0.6 is 34.3 Å². The SMILES string of the molecule is Cc1ccc2nc(N(CCN(C)C)C(=O)c3ccc(Cl)s3)sc2c1. The van der Waals surface area contributed by atoms with Crippen LogP contribution in [0.2, 0.25) is 4.34 Å². The Labute approximate surface area is 154 Å². The molecule has 0 N–H and O–H groups in total. The largest absolute Gasteiger partial charge is 0.308 e. The maximum absolute atomic E-state index is 12.9. The number of amides is 1. The zero-order valence-corrected chi connectivity index (χ0v) is 16.1. The molecule has 126 valence electrons. The highest BCUT2D eigenvalue weighted by molar-refractivity contribution is 7.22. The molecule has 0 radical (unpaired) electrons. The van der Waals surface area contributed by atoms with Crippen molar-refractivity contribution in [1.29, 1.82) is 0 Å². The van der Waals surface area contributed by atoms with Crippen LogP contribution in [0.5, 0.6) is 0 Å². The molecule has 2 heterocycles. The topological polar surface area (TPSA) is 36.4 Å². The van der Waals surface area contributed by atoms with Crippen molar-refractivity contribution >= 4 is 55.5 Å². The number of rotatable bonds is 5. The molecule has 0 saturated carbocycles. The Kier molecular flexibility index (Phi) is 5.20. The molecule has 0 spiro atoms. The lowest BCUT2D eigenvalue weighted by Gasteiger charge is -2.21. The molecule has 0 aliphatic rings. The maximum atomic E-state index is 12.9. The second kappa shape index (κ2) is 7.19. The molecule has 0 unspecified atom stereocenters. The highest BCUT2D eigenvalue weighted by Crippen LogP contribution is 2.31. The first-order valence-corrected chi connectivity index (χ1v) is 9.54. The minimum absolute atomic E-state index is 0.0514. The lowest BCUT2D eigenvalue weighted by molar-refractivity contribution is 0.0989. The van der Waals surface area contributed by atoms with Crippen molar-refractivity contribution < 1.29 is 4.79 Å². The lowest BCUT2D eigenvalue weighted by atomic mass is 10.2. The van der Waals surface area contributed by atoms with E-state index in [1.165, 1.54) is 16.9 Å². The summed E-state index contributed by atoms with van der Waals surface area (Å²) in [6.45, 7) is 3.40. The van der Waals surface area contributed by atoms with Crippen LogP contribution < -0.4 is 4.90 Å². The second-order valence-corrected chi connectivity index (χ2v) is 8.56. The van der Waals surface area contributed by atoms with Gasteiger partial charge < -0.3 is 4.90 Å². The van der Waals surface area contributed by atoms with Crippen molar-refractivity contribution in [3.05, 3.63) is 45.1 Å². The van der Waals surface area contributed by atoms with Crippen LogP contribution in [0.1, 0.15) is 15.2 Å². The van der Waals surface area contributed by atoms with Crippen LogP contribution in [-0.2, 0) is 0 Å². The Morgan fingerprint density at radius 2 is 1.96 bits per heavy atom. The summed E-state index contributed by atoms with van der Waals surface area (Å²) in [5, 5.41) is 0.729. The number of anilines is 1. The summed E-state index contributed by atoms with van der Waals surface area (Å²) in [7, 11) is 3.98. The molecule has 0 aliphatic heterocycles. The van der Waals surface area contributed by atoms with Gasteiger partial charge in [-0.3, -0.25) is 9.69 Å². The molecule has 2 aromatic heterocycles. The molecule has 24 heavy (non-hydrogen) atoms. The van der Waals surface area contributed by atoms with Crippen LogP contribution in [0.3, 0.4) is 0 Å². The Morgan fingerprint density at radius 3 is 2.62 bits per heavy atom. The van der Waals surface area contributed by atoms with E-state index in [-0.39, 0.29) is 5.91 Å². The summed E-state index contributed by atoms with van der Waals surface area (Å²) in [4.78, 5) is 22.0. The van der Waals surface area contributed by atoms with Crippen molar-refractivity contribution in [1.82, 2.24) is 9.88 Å². The van der Waals surface area contributed by atoms with Crippen molar-refractivity contribution in [2.45, 2.75) is 6.92 Å². The first kappa shape index (κ1) is 17.4. The van der Waals surface area contributed by atoms with E-state index in [0.29, 0.717) is 15.8 Å². The Bertz CT molecular complexity index is 872. The summed E-state index contributed by atoms with van der Waals surface area (Å²) in [6, 6.07) is 9.67. The van der Waals surface area contributed by atoms with Crippen LogP contribution in [-0.4, -0.2) is 43.0 Å². The molecule has 4 nitrogen and oxygen atoms in total. The number of benzene rings is 1. The number of aromatic nitrogens is 1. The number of aryl methyl sites for hydroxylation is 1. The van der Waals surface area contributed by atoms with Crippen LogP contribution in [0.25, 0.3) is 10.2 Å². The van der Waals surface area contributed by atoms with E-state index in [4.69, 9.17) is 11.6 Å². The van der Waals surface area contributed by atoms with Gasteiger partial charge in [-0.15, -0.1) is 11.3 Å². The van der Waals surface area contributed by atoms with Crippen molar-refractivity contribution in [3.8, 4) is 0 Å². The van der Waals surface area contributed by atoms with E-state index in [2.05, 4.69) is 22.9 Å². The molecule has 7 heteroatoms. The number of likely N-dealkylation sites (N-methyl/N-ethyl adjacent to an activating group) is 1. The third-order valence-corrected chi connectivity index (χ3v) is 5.82. The number of carbonyl (C=O) groups excluding carboxylic acids is 1. The first-order chi connectivity index (χ1) is 11.4. The third kappa shape index (κ3) is 3.78. The van der Waals surface area contributed by atoms with Gasteiger partial charge in [0.25, 0.3) is 5.91 Å². The van der Waals surface area contributed by atoms with Gasteiger partial charge in [-0.1, -0.05) is 29.0 Å². The van der Waals surface area contributed by atoms with Gasteiger partial charge in [0.1, 0.15) is 0 Å². The molecule has 3 aromatic rings. The summed E-state index contributed by atoms with van der Waals surface area (Å²) < 4.78 is 1.71. The molecule has 0 atom stereocenters. The minimum atomic E-state index is -0.0514. The maximum Gasteiger partial charge on any atom is 0.270 e. The summed E-state index contributed by atoms with van der Waals surface area (Å²) in [5.41, 5.74) is 2.11. The monoisotopic (exact) mass is 379 g/mol. The van der Waals surface area contributed by atoms with Gasteiger partial charge in [-0.2, -0.15) is 0 Å². The average Bonchev–Trinajstić information content (AvgIpc) is 3.12. The van der Waals surface area contributed by atoms with Crippen molar-refractivity contribution in [2.24, 2.45) is 0 Å². The van der Waals surface area contributed by atoms with E-state index in [0.717, 1.165) is 21.9 Å². The Hall–Kier alpha value is -1.47. The predicted octanol–water partition coefficient (Wildman–Crippen LogP) is 4.53. The molecule has 1 aromatic carbocycles. The summed E-state index contributed by atoms with van der Waals surface area (Å²) >= 11 is 8.84. The normalized spacial score (nSPS) is 11.4. The molecule has 0 fully saturated rings. The van der Waals surface area contributed by atoms with Crippen molar-refractivity contribution in [2.75, 3.05) is 32.1 Å². The number of hydrogen-bond donors (Lipinski definition) is 0. The van der Waals surface area contributed by atoms with E-state index in [9.17, 15) is 4.79 Å².